The van der Waals surface area contributed by atoms with Crippen molar-refractivity contribution in [1.82, 2.24) is 9.88 Å². The van der Waals surface area contributed by atoms with Gasteiger partial charge in [0.1, 0.15) is 11.8 Å². The topological polar surface area (TPSA) is 72.3 Å². The van der Waals surface area contributed by atoms with Crippen LogP contribution < -0.4 is 10.2 Å². The molecule has 1 N–H and O–H groups in total. The van der Waals surface area contributed by atoms with Gasteiger partial charge in [-0.2, -0.15) is 5.26 Å². The van der Waals surface area contributed by atoms with Crippen LogP contribution in [0.3, 0.4) is 0 Å². The Balaban J connectivity index is 1.38. The normalized spacial score (nSPS) is 13.6. The lowest BCUT2D eigenvalue weighted by Crippen LogP contribution is -2.49. The molecule has 0 radical (unpaired) electrons. The molecule has 1 aliphatic rings. The van der Waals surface area contributed by atoms with E-state index >= 15 is 0 Å². The predicted octanol–water partition coefficient (Wildman–Crippen LogP) is 3.97. The van der Waals surface area contributed by atoms with Gasteiger partial charge in [-0.05, 0) is 48.9 Å². The lowest BCUT2D eigenvalue weighted by molar-refractivity contribution is 0.0741. The summed E-state index contributed by atoms with van der Waals surface area (Å²) in [4.78, 5) is 21.4. The molecule has 6 heteroatoms. The Morgan fingerprint density at radius 3 is 2.53 bits per heavy atom. The highest BCUT2D eigenvalue weighted by Gasteiger charge is 2.23. The molecule has 0 bridgehead atoms. The number of nitriles is 1. The number of piperazine rings is 1. The van der Waals surface area contributed by atoms with Gasteiger partial charge in [-0.3, -0.25) is 4.79 Å². The van der Waals surface area contributed by atoms with Crippen molar-refractivity contribution in [3.05, 3.63) is 83.7 Å². The minimum Gasteiger partial charge on any atom is -0.368 e. The van der Waals surface area contributed by atoms with Gasteiger partial charge in [0.05, 0.1) is 23.1 Å². The molecule has 0 atom stereocenters. The zero-order valence-corrected chi connectivity index (χ0v) is 16.9. The highest BCUT2D eigenvalue weighted by atomic mass is 16.2. The van der Waals surface area contributed by atoms with Crippen LogP contribution in [0.4, 0.5) is 17.1 Å². The second-order valence-corrected chi connectivity index (χ2v) is 7.33. The number of pyridine rings is 1. The third kappa shape index (κ3) is 4.26. The Kier molecular flexibility index (Phi) is 5.62. The average molecular weight is 397 g/mol. The maximum absolute atomic E-state index is 12.8. The van der Waals surface area contributed by atoms with Gasteiger partial charge >= 0.3 is 0 Å². The third-order valence-electron chi connectivity index (χ3n) is 5.24. The number of para-hydroxylation sites is 1. The molecule has 0 aliphatic carbocycles. The number of benzene rings is 2. The fourth-order valence-corrected chi connectivity index (χ4v) is 3.59. The standard InChI is InChI=1S/C24H23N5O/c1-18-5-4-7-21(15-18)28-11-13-29(14-12-28)24(30)23-10-9-20(17-26-23)27-22-8-3-2-6-19(22)16-25/h2-10,15,17,27H,11-14H2,1H3. The average Bonchev–Trinajstić information content (AvgIpc) is 2.79. The van der Waals surface area contributed by atoms with Crippen LogP contribution in [0.5, 0.6) is 0 Å². The molecule has 6 nitrogen and oxygen atoms in total. The second-order valence-electron chi connectivity index (χ2n) is 7.33. The lowest BCUT2D eigenvalue weighted by atomic mass is 10.2. The molecule has 0 saturated carbocycles. The fourth-order valence-electron chi connectivity index (χ4n) is 3.59. The van der Waals surface area contributed by atoms with Crippen molar-refractivity contribution in [3.63, 3.8) is 0 Å². The van der Waals surface area contributed by atoms with Crippen LogP contribution in [-0.2, 0) is 0 Å². The van der Waals surface area contributed by atoms with Crippen LogP contribution in [0.2, 0.25) is 0 Å². The number of aromatic nitrogens is 1. The largest absolute Gasteiger partial charge is 0.368 e. The highest BCUT2D eigenvalue weighted by molar-refractivity contribution is 5.92. The van der Waals surface area contributed by atoms with Crippen LogP contribution >= 0.6 is 0 Å². The van der Waals surface area contributed by atoms with E-state index in [-0.39, 0.29) is 5.91 Å². The van der Waals surface area contributed by atoms with E-state index in [9.17, 15) is 10.1 Å². The zero-order valence-electron chi connectivity index (χ0n) is 16.9. The summed E-state index contributed by atoms with van der Waals surface area (Å²) >= 11 is 0. The lowest BCUT2D eigenvalue weighted by Gasteiger charge is -2.36. The van der Waals surface area contributed by atoms with Crippen LogP contribution in [0, 0.1) is 18.3 Å². The number of hydrogen-bond acceptors (Lipinski definition) is 5. The van der Waals surface area contributed by atoms with Crippen molar-refractivity contribution in [2.24, 2.45) is 0 Å². The number of amides is 1. The van der Waals surface area contributed by atoms with E-state index in [1.807, 2.05) is 29.2 Å². The molecule has 1 aliphatic heterocycles. The minimum absolute atomic E-state index is 0.0529. The smallest absolute Gasteiger partial charge is 0.272 e. The van der Waals surface area contributed by atoms with E-state index in [2.05, 4.69) is 52.5 Å². The maximum atomic E-state index is 12.8. The molecule has 2 heterocycles. The van der Waals surface area contributed by atoms with E-state index in [0.717, 1.165) is 18.8 Å². The molecule has 1 saturated heterocycles. The number of hydrogen-bond donors (Lipinski definition) is 1. The SMILES string of the molecule is Cc1cccc(N2CCN(C(=O)c3ccc(Nc4ccccc4C#N)cn3)CC2)c1. The summed E-state index contributed by atoms with van der Waals surface area (Å²) in [6, 6.07) is 21.4. The van der Waals surface area contributed by atoms with Crippen molar-refractivity contribution < 1.29 is 4.79 Å². The third-order valence-corrected chi connectivity index (χ3v) is 5.24. The van der Waals surface area contributed by atoms with Gasteiger partial charge in [0.2, 0.25) is 0 Å². The van der Waals surface area contributed by atoms with Gasteiger partial charge in [0.15, 0.2) is 0 Å². The molecule has 150 valence electrons. The monoisotopic (exact) mass is 397 g/mol. The molecule has 4 rings (SSSR count). The van der Waals surface area contributed by atoms with Gasteiger partial charge in [0, 0.05) is 31.9 Å². The van der Waals surface area contributed by atoms with Crippen LogP contribution in [0.15, 0.2) is 66.9 Å². The van der Waals surface area contributed by atoms with Crippen molar-refractivity contribution in [2.45, 2.75) is 6.92 Å². The molecule has 2 aromatic carbocycles. The number of nitrogens with zero attached hydrogens (tertiary/aromatic N) is 4. The summed E-state index contributed by atoms with van der Waals surface area (Å²) < 4.78 is 0. The predicted molar refractivity (Wildman–Crippen MR) is 118 cm³/mol. The molecule has 1 amide bonds. The first kappa shape index (κ1) is 19.5. The molecule has 0 unspecified atom stereocenters. The Bertz CT molecular complexity index is 1080. The maximum Gasteiger partial charge on any atom is 0.272 e. The second kappa shape index (κ2) is 8.66. The number of carbonyl (C=O) groups excluding carboxylic acids is 1. The zero-order chi connectivity index (χ0) is 20.9. The number of rotatable bonds is 4. The Morgan fingerprint density at radius 2 is 1.83 bits per heavy atom. The van der Waals surface area contributed by atoms with Gasteiger partial charge in [-0.25, -0.2) is 4.98 Å². The quantitative estimate of drug-likeness (QED) is 0.721. The minimum atomic E-state index is -0.0529. The molecular formula is C24H23N5O. The van der Waals surface area contributed by atoms with Crippen molar-refractivity contribution in [1.29, 1.82) is 5.26 Å². The van der Waals surface area contributed by atoms with Gasteiger partial charge in [-0.15, -0.1) is 0 Å². The van der Waals surface area contributed by atoms with E-state index in [0.29, 0.717) is 30.0 Å². The van der Waals surface area contributed by atoms with E-state index in [1.165, 1.54) is 11.3 Å². The summed E-state index contributed by atoms with van der Waals surface area (Å²) in [5.41, 5.74) is 4.88. The molecule has 30 heavy (non-hydrogen) atoms. The Morgan fingerprint density at radius 1 is 1.03 bits per heavy atom. The molecule has 0 spiro atoms. The molecule has 3 aromatic rings. The van der Waals surface area contributed by atoms with E-state index < -0.39 is 0 Å². The summed E-state index contributed by atoms with van der Waals surface area (Å²) in [7, 11) is 0. The summed E-state index contributed by atoms with van der Waals surface area (Å²) in [5, 5.41) is 12.4. The van der Waals surface area contributed by atoms with Gasteiger partial charge in [0.25, 0.3) is 5.91 Å². The van der Waals surface area contributed by atoms with Crippen molar-refractivity contribution in [3.8, 4) is 6.07 Å². The number of anilines is 3. The molecule has 1 fully saturated rings. The summed E-state index contributed by atoms with van der Waals surface area (Å²) in [6.07, 6.45) is 1.63. The number of carbonyl (C=O) groups is 1. The van der Waals surface area contributed by atoms with Crippen LogP contribution in [0.1, 0.15) is 21.6 Å². The first-order chi connectivity index (χ1) is 14.6. The Hall–Kier alpha value is -3.85. The highest BCUT2D eigenvalue weighted by Crippen LogP contribution is 2.21. The summed E-state index contributed by atoms with van der Waals surface area (Å²) in [6.45, 7) is 5.04. The first-order valence-electron chi connectivity index (χ1n) is 9.97. The van der Waals surface area contributed by atoms with E-state index in [4.69, 9.17) is 0 Å². The van der Waals surface area contributed by atoms with Crippen molar-refractivity contribution >= 4 is 23.0 Å². The van der Waals surface area contributed by atoms with E-state index in [1.54, 1.807) is 18.3 Å². The molecule has 1 aromatic heterocycles. The number of nitrogens with one attached hydrogen (secondary N) is 1. The summed E-state index contributed by atoms with van der Waals surface area (Å²) in [5.74, 6) is -0.0529. The van der Waals surface area contributed by atoms with Crippen LogP contribution in [-0.4, -0.2) is 42.0 Å². The van der Waals surface area contributed by atoms with Crippen molar-refractivity contribution in [2.75, 3.05) is 36.4 Å². The fraction of sp³-hybridized carbons (Fsp3) is 0.208. The molecular weight excluding hydrogens is 374 g/mol. The van der Waals surface area contributed by atoms with Gasteiger partial charge in [-0.1, -0.05) is 24.3 Å². The first-order valence-corrected chi connectivity index (χ1v) is 9.97. The van der Waals surface area contributed by atoms with Gasteiger partial charge < -0.3 is 15.1 Å². The Labute approximate surface area is 176 Å². The number of aryl methyl sites for hydroxylation is 1. The van der Waals surface area contributed by atoms with Crippen LogP contribution in [0.25, 0.3) is 0 Å².